The summed E-state index contributed by atoms with van der Waals surface area (Å²) in [5, 5.41) is 7.38. The minimum Gasteiger partial charge on any atom is -0.461 e. The lowest BCUT2D eigenvalue weighted by atomic mass is 10.0. The van der Waals surface area contributed by atoms with Crippen LogP contribution >= 0.6 is 0 Å². The van der Waals surface area contributed by atoms with E-state index in [-0.39, 0.29) is 24.2 Å². The number of rotatable bonds is 8. The highest BCUT2D eigenvalue weighted by Gasteiger charge is 2.17. The van der Waals surface area contributed by atoms with E-state index < -0.39 is 5.97 Å². The molecule has 1 heterocycles. The zero-order valence-corrected chi connectivity index (χ0v) is 19.1. The third kappa shape index (κ3) is 5.42. The van der Waals surface area contributed by atoms with E-state index in [9.17, 15) is 9.59 Å². The van der Waals surface area contributed by atoms with E-state index in [1.165, 1.54) is 0 Å². The van der Waals surface area contributed by atoms with Crippen molar-refractivity contribution in [3.63, 3.8) is 0 Å². The van der Waals surface area contributed by atoms with Crippen molar-refractivity contribution in [1.29, 1.82) is 0 Å². The van der Waals surface area contributed by atoms with Crippen LogP contribution in [0, 0.1) is 13.8 Å². The van der Waals surface area contributed by atoms with Crippen molar-refractivity contribution < 1.29 is 19.1 Å². The molecule has 0 fully saturated rings. The fourth-order valence-corrected chi connectivity index (χ4v) is 3.42. The number of nitrogens with zero attached hydrogens (tertiary/aromatic N) is 2. The molecule has 32 heavy (non-hydrogen) atoms. The summed E-state index contributed by atoms with van der Waals surface area (Å²) in [5.41, 5.74) is 5.16. The predicted molar refractivity (Wildman–Crippen MR) is 123 cm³/mol. The summed E-state index contributed by atoms with van der Waals surface area (Å²) in [6, 6.07) is 15.2. The van der Waals surface area contributed by atoms with Crippen LogP contribution in [0.1, 0.15) is 46.0 Å². The second-order valence-electron chi connectivity index (χ2n) is 7.77. The van der Waals surface area contributed by atoms with Gasteiger partial charge in [-0.3, -0.25) is 4.79 Å². The van der Waals surface area contributed by atoms with E-state index in [1.54, 1.807) is 30.8 Å². The van der Waals surface area contributed by atoms with E-state index >= 15 is 0 Å². The SMILES string of the molecule is CCOC(=O)c1cc(C)n(-c2cc(C(=O)NC(C)COC)cc(-c3ccc(C)cc3)c2)n1. The Morgan fingerprint density at radius 2 is 1.78 bits per heavy atom. The number of methoxy groups -OCH3 is 1. The molecule has 0 saturated carbocycles. The smallest absolute Gasteiger partial charge is 0.358 e. The molecule has 3 rings (SSSR count). The summed E-state index contributed by atoms with van der Waals surface area (Å²) in [5.74, 6) is -0.685. The first kappa shape index (κ1) is 23.2. The molecule has 2 aromatic carbocycles. The van der Waals surface area contributed by atoms with Gasteiger partial charge in [0.05, 0.1) is 18.9 Å². The molecule has 3 aromatic rings. The van der Waals surface area contributed by atoms with Gasteiger partial charge in [0.2, 0.25) is 0 Å². The normalized spacial score (nSPS) is 11.8. The lowest BCUT2D eigenvalue weighted by Crippen LogP contribution is -2.35. The zero-order chi connectivity index (χ0) is 23.3. The van der Waals surface area contributed by atoms with Crippen LogP contribution < -0.4 is 5.32 Å². The van der Waals surface area contributed by atoms with Crippen molar-refractivity contribution in [3.05, 3.63) is 71.0 Å². The minimum atomic E-state index is -0.476. The third-order valence-corrected chi connectivity index (χ3v) is 4.98. The Morgan fingerprint density at radius 3 is 2.44 bits per heavy atom. The fraction of sp³-hybridized carbons (Fsp3) is 0.320. The number of hydrogen-bond donors (Lipinski definition) is 1. The monoisotopic (exact) mass is 435 g/mol. The Kier molecular flexibility index (Phi) is 7.43. The lowest BCUT2D eigenvalue weighted by Gasteiger charge is -2.15. The van der Waals surface area contributed by atoms with E-state index in [1.807, 2.05) is 57.2 Å². The van der Waals surface area contributed by atoms with Crippen LogP contribution in [0.3, 0.4) is 0 Å². The molecular weight excluding hydrogens is 406 g/mol. The van der Waals surface area contributed by atoms with Gasteiger partial charge in [-0.25, -0.2) is 9.48 Å². The van der Waals surface area contributed by atoms with Crippen molar-refractivity contribution in [2.45, 2.75) is 33.7 Å². The average Bonchev–Trinajstić information content (AvgIpc) is 3.16. The number of amides is 1. The molecular formula is C25H29N3O4. The molecule has 0 aliphatic heterocycles. The van der Waals surface area contributed by atoms with Gasteiger partial charge < -0.3 is 14.8 Å². The third-order valence-electron chi connectivity index (χ3n) is 4.98. The van der Waals surface area contributed by atoms with Crippen LogP contribution in [0.5, 0.6) is 0 Å². The van der Waals surface area contributed by atoms with E-state index in [4.69, 9.17) is 9.47 Å². The van der Waals surface area contributed by atoms with Crippen LogP contribution in [0.15, 0.2) is 48.5 Å². The Bertz CT molecular complexity index is 1100. The van der Waals surface area contributed by atoms with E-state index in [2.05, 4.69) is 10.4 Å². The highest BCUT2D eigenvalue weighted by molar-refractivity contribution is 5.96. The number of ether oxygens (including phenoxy) is 2. The quantitative estimate of drug-likeness (QED) is 0.539. The second-order valence-corrected chi connectivity index (χ2v) is 7.77. The molecule has 0 radical (unpaired) electrons. The van der Waals surface area contributed by atoms with E-state index in [0.29, 0.717) is 17.9 Å². The number of carbonyl (C=O) groups excluding carboxylic acids is 2. The number of aromatic nitrogens is 2. The molecule has 1 aromatic heterocycles. The van der Waals surface area contributed by atoms with Gasteiger partial charge in [0.1, 0.15) is 0 Å². The molecule has 0 saturated heterocycles. The summed E-state index contributed by atoms with van der Waals surface area (Å²) >= 11 is 0. The topological polar surface area (TPSA) is 82.5 Å². The van der Waals surface area contributed by atoms with Gasteiger partial charge in [0.15, 0.2) is 5.69 Å². The van der Waals surface area contributed by atoms with Crippen molar-refractivity contribution in [2.75, 3.05) is 20.3 Å². The largest absolute Gasteiger partial charge is 0.461 e. The summed E-state index contributed by atoms with van der Waals surface area (Å²) in [7, 11) is 1.60. The van der Waals surface area contributed by atoms with Crippen molar-refractivity contribution in [3.8, 4) is 16.8 Å². The van der Waals surface area contributed by atoms with Crippen LogP contribution in [-0.2, 0) is 9.47 Å². The number of hydrogen-bond acceptors (Lipinski definition) is 5. The molecule has 1 unspecified atom stereocenters. The Morgan fingerprint density at radius 1 is 1.06 bits per heavy atom. The van der Waals surface area contributed by atoms with Crippen molar-refractivity contribution in [2.24, 2.45) is 0 Å². The summed E-state index contributed by atoms with van der Waals surface area (Å²) in [4.78, 5) is 25.1. The number of esters is 1. The Labute approximate surface area is 188 Å². The average molecular weight is 436 g/mol. The maximum absolute atomic E-state index is 13.0. The first-order valence-electron chi connectivity index (χ1n) is 10.6. The first-order valence-corrected chi connectivity index (χ1v) is 10.6. The lowest BCUT2D eigenvalue weighted by molar-refractivity contribution is 0.0518. The molecule has 1 atom stereocenters. The number of aryl methyl sites for hydroxylation is 2. The van der Waals surface area contributed by atoms with Crippen LogP contribution in [0.4, 0.5) is 0 Å². The molecule has 0 spiro atoms. The van der Waals surface area contributed by atoms with Crippen LogP contribution in [0.2, 0.25) is 0 Å². The summed E-state index contributed by atoms with van der Waals surface area (Å²) in [6.45, 7) is 8.21. The molecule has 1 amide bonds. The van der Waals surface area contributed by atoms with Gasteiger partial charge in [-0.15, -0.1) is 0 Å². The maximum Gasteiger partial charge on any atom is 0.358 e. The van der Waals surface area contributed by atoms with Gasteiger partial charge in [-0.05, 0) is 63.1 Å². The fourth-order valence-electron chi connectivity index (χ4n) is 3.42. The molecule has 0 aliphatic rings. The van der Waals surface area contributed by atoms with Gasteiger partial charge >= 0.3 is 5.97 Å². The van der Waals surface area contributed by atoms with Gasteiger partial charge in [-0.2, -0.15) is 5.10 Å². The number of carbonyl (C=O) groups is 2. The van der Waals surface area contributed by atoms with Gasteiger partial charge in [-0.1, -0.05) is 29.8 Å². The summed E-state index contributed by atoms with van der Waals surface area (Å²) < 4.78 is 11.9. The highest BCUT2D eigenvalue weighted by Crippen LogP contribution is 2.26. The molecule has 7 nitrogen and oxygen atoms in total. The predicted octanol–water partition coefficient (Wildman–Crippen LogP) is 4.10. The maximum atomic E-state index is 13.0. The molecule has 168 valence electrons. The zero-order valence-electron chi connectivity index (χ0n) is 19.1. The molecule has 1 N–H and O–H groups in total. The molecule has 7 heteroatoms. The number of benzene rings is 2. The van der Waals surface area contributed by atoms with Gasteiger partial charge in [0, 0.05) is 24.4 Å². The minimum absolute atomic E-state index is 0.138. The summed E-state index contributed by atoms with van der Waals surface area (Å²) in [6.07, 6.45) is 0. The van der Waals surface area contributed by atoms with Crippen LogP contribution in [0.25, 0.3) is 16.8 Å². The standard InChI is InChI=1S/C25H29N3O4/c1-6-32-25(30)23-11-18(4)28(27-23)22-13-20(19-9-7-16(2)8-10-19)12-21(14-22)24(29)26-17(3)15-31-5/h7-14,17H,6,15H2,1-5H3,(H,26,29). The molecule has 0 aliphatic carbocycles. The highest BCUT2D eigenvalue weighted by atomic mass is 16.5. The number of nitrogens with one attached hydrogen (secondary N) is 1. The Hall–Kier alpha value is -3.45. The van der Waals surface area contributed by atoms with Crippen molar-refractivity contribution in [1.82, 2.24) is 15.1 Å². The van der Waals surface area contributed by atoms with Crippen molar-refractivity contribution >= 4 is 11.9 Å². The Balaban J connectivity index is 2.07. The second kappa shape index (κ2) is 10.2. The molecule has 0 bridgehead atoms. The van der Waals surface area contributed by atoms with Crippen LogP contribution in [-0.4, -0.2) is 48.0 Å². The first-order chi connectivity index (χ1) is 15.3. The van der Waals surface area contributed by atoms with Gasteiger partial charge in [0.25, 0.3) is 5.91 Å². The van der Waals surface area contributed by atoms with E-state index in [0.717, 1.165) is 22.4 Å².